The second kappa shape index (κ2) is 9.39. The highest BCUT2D eigenvalue weighted by Crippen LogP contribution is 2.33. The fourth-order valence-corrected chi connectivity index (χ4v) is 3.84. The molecule has 3 aromatic rings. The first-order chi connectivity index (χ1) is 13.6. The fraction of sp³-hybridized carbons (Fsp3) is 0.227. The van der Waals surface area contributed by atoms with Gasteiger partial charge in [-0.2, -0.15) is 0 Å². The average Bonchev–Trinajstić information content (AvgIpc) is 3.19. The van der Waals surface area contributed by atoms with Crippen molar-refractivity contribution < 1.29 is 14.3 Å². The maximum absolute atomic E-state index is 11.2. The van der Waals surface area contributed by atoms with Gasteiger partial charge >= 0.3 is 0 Å². The lowest BCUT2D eigenvalue weighted by Gasteiger charge is -2.19. The number of nitrogens with zero attached hydrogens (tertiary/aromatic N) is 1. The topological polar surface area (TPSA) is 64.8 Å². The van der Waals surface area contributed by atoms with E-state index in [0.29, 0.717) is 12.3 Å². The Morgan fingerprint density at radius 3 is 2.61 bits per heavy atom. The number of para-hydroxylation sites is 1. The van der Waals surface area contributed by atoms with Crippen molar-refractivity contribution in [3.05, 3.63) is 70.4 Å². The van der Waals surface area contributed by atoms with Crippen molar-refractivity contribution >= 4 is 17.2 Å². The number of rotatable bonds is 9. The Hall–Kier alpha value is -2.83. The molecule has 0 radical (unpaired) electrons. The summed E-state index contributed by atoms with van der Waals surface area (Å²) >= 11 is 1.73. The summed E-state index contributed by atoms with van der Waals surface area (Å²) < 4.78 is 11.2. The molecule has 0 atom stereocenters. The molecule has 0 saturated carbocycles. The molecule has 146 valence electrons. The number of ether oxygens (including phenoxy) is 2. The largest absolute Gasteiger partial charge is 0.496 e. The van der Waals surface area contributed by atoms with E-state index in [-0.39, 0.29) is 6.61 Å². The first-order valence-corrected chi connectivity index (χ1v) is 9.83. The number of hydrogen-bond acceptors (Lipinski definition) is 5. The van der Waals surface area contributed by atoms with Gasteiger partial charge in [0.1, 0.15) is 11.5 Å². The quantitative estimate of drug-likeness (QED) is 0.595. The lowest BCUT2D eigenvalue weighted by atomic mass is 10.0. The SMILES string of the molecule is COc1ccccc1-c1ccc(OCC(N)=O)c(CN(C)Cc2cccs2)c1. The zero-order valence-corrected chi connectivity index (χ0v) is 16.9. The van der Waals surface area contributed by atoms with Crippen LogP contribution in [0.2, 0.25) is 0 Å². The van der Waals surface area contributed by atoms with Crippen molar-refractivity contribution in [1.82, 2.24) is 4.90 Å². The maximum Gasteiger partial charge on any atom is 0.255 e. The summed E-state index contributed by atoms with van der Waals surface area (Å²) in [6, 6.07) is 18.0. The van der Waals surface area contributed by atoms with Gasteiger partial charge < -0.3 is 15.2 Å². The highest BCUT2D eigenvalue weighted by atomic mass is 32.1. The van der Waals surface area contributed by atoms with Crippen molar-refractivity contribution in [3.8, 4) is 22.6 Å². The molecule has 1 amide bonds. The molecule has 1 heterocycles. The number of methoxy groups -OCH3 is 1. The Morgan fingerprint density at radius 2 is 1.89 bits per heavy atom. The van der Waals surface area contributed by atoms with E-state index in [1.165, 1.54) is 4.88 Å². The number of thiophene rings is 1. The molecule has 0 fully saturated rings. The lowest BCUT2D eigenvalue weighted by Crippen LogP contribution is -2.21. The summed E-state index contributed by atoms with van der Waals surface area (Å²) in [4.78, 5) is 14.7. The third kappa shape index (κ3) is 5.12. The van der Waals surface area contributed by atoms with E-state index in [1.54, 1.807) is 18.4 Å². The Kier molecular flexibility index (Phi) is 6.68. The first-order valence-electron chi connectivity index (χ1n) is 8.95. The van der Waals surface area contributed by atoms with Crippen molar-refractivity contribution in [1.29, 1.82) is 0 Å². The van der Waals surface area contributed by atoms with Crippen LogP contribution in [-0.4, -0.2) is 31.6 Å². The van der Waals surface area contributed by atoms with Crippen LogP contribution in [0, 0.1) is 0 Å². The second-order valence-corrected chi connectivity index (χ2v) is 7.56. The number of carbonyl (C=O) groups is 1. The van der Waals surface area contributed by atoms with Gasteiger partial charge in [-0.3, -0.25) is 9.69 Å². The van der Waals surface area contributed by atoms with E-state index in [9.17, 15) is 4.79 Å². The number of primary amides is 1. The number of carbonyl (C=O) groups excluding carboxylic acids is 1. The zero-order valence-electron chi connectivity index (χ0n) is 16.1. The van der Waals surface area contributed by atoms with Crippen LogP contribution in [0.3, 0.4) is 0 Å². The minimum absolute atomic E-state index is 0.143. The molecule has 28 heavy (non-hydrogen) atoms. The van der Waals surface area contributed by atoms with Crippen LogP contribution in [0.4, 0.5) is 0 Å². The highest BCUT2D eigenvalue weighted by Gasteiger charge is 2.13. The van der Waals surface area contributed by atoms with E-state index in [4.69, 9.17) is 15.2 Å². The summed E-state index contributed by atoms with van der Waals surface area (Å²) in [5.41, 5.74) is 8.28. The molecule has 0 aliphatic rings. The number of amides is 1. The van der Waals surface area contributed by atoms with E-state index >= 15 is 0 Å². The minimum Gasteiger partial charge on any atom is -0.496 e. The summed E-state index contributed by atoms with van der Waals surface area (Å²) in [5, 5.41) is 2.08. The molecule has 3 rings (SSSR count). The van der Waals surface area contributed by atoms with Gasteiger partial charge in [-0.05, 0) is 42.3 Å². The molecule has 0 aliphatic heterocycles. The Labute approximate surface area is 169 Å². The third-order valence-corrected chi connectivity index (χ3v) is 5.16. The van der Waals surface area contributed by atoms with Crippen molar-refractivity contribution in [2.24, 2.45) is 5.73 Å². The van der Waals surface area contributed by atoms with E-state index < -0.39 is 5.91 Å². The molecular weight excluding hydrogens is 372 g/mol. The van der Waals surface area contributed by atoms with Gasteiger partial charge in [0.05, 0.1) is 7.11 Å². The Morgan fingerprint density at radius 1 is 1.07 bits per heavy atom. The highest BCUT2D eigenvalue weighted by molar-refractivity contribution is 7.09. The number of nitrogens with two attached hydrogens (primary N) is 1. The van der Waals surface area contributed by atoms with Crippen LogP contribution < -0.4 is 15.2 Å². The lowest BCUT2D eigenvalue weighted by molar-refractivity contribution is -0.119. The second-order valence-electron chi connectivity index (χ2n) is 6.53. The summed E-state index contributed by atoms with van der Waals surface area (Å²) in [5.74, 6) is 0.980. The van der Waals surface area contributed by atoms with E-state index in [2.05, 4.69) is 35.5 Å². The number of hydrogen-bond donors (Lipinski definition) is 1. The summed E-state index contributed by atoms with van der Waals surface area (Å²) in [7, 11) is 3.73. The van der Waals surface area contributed by atoms with Crippen molar-refractivity contribution in [2.75, 3.05) is 20.8 Å². The molecular formula is C22H24N2O3S. The number of benzene rings is 2. The molecule has 6 heteroatoms. The van der Waals surface area contributed by atoms with Crippen LogP contribution in [-0.2, 0) is 17.9 Å². The molecule has 0 spiro atoms. The third-order valence-electron chi connectivity index (χ3n) is 4.29. The standard InChI is InChI=1S/C22H24N2O3S/c1-24(14-18-6-5-11-28-18)13-17-12-16(9-10-20(17)27-15-22(23)25)19-7-3-4-8-21(19)26-2/h3-12H,13-15H2,1-2H3,(H2,23,25). The smallest absolute Gasteiger partial charge is 0.255 e. The predicted octanol–water partition coefficient (Wildman–Crippen LogP) is 3.92. The van der Waals surface area contributed by atoms with Gasteiger partial charge in [0, 0.05) is 29.1 Å². The Bertz CT molecular complexity index is 925. The average molecular weight is 397 g/mol. The molecule has 0 aliphatic carbocycles. The van der Waals surface area contributed by atoms with Crippen LogP contribution in [0.25, 0.3) is 11.1 Å². The van der Waals surface area contributed by atoms with Crippen LogP contribution >= 0.6 is 11.3 Å². The fourth-order valence-electron chi connectivity index (χ4n) is 3.06. The molecule has 0 saturated heterocycles. The Balaban J connectivity index is 1.89. The molecule has 0 unspecified atom stereocenters. The van der Waals surface area contributed by atoms with Crippen molar-refractivity contribution in [2.45, 2.75) is 13.1 Å². The monoisotopic (exact) mass is 396 g/mol. The van der Waals surface area contributed by atoms with Crippen LogP contribution in [0.15, 0.2) is 60.0 Å². The van der Waals surface area contributed by atoms with Crippen molar-refractivity contribution in [3.63, 3.8) is 0 Å². The molecule has 5 nitrogen and oxygen atoms in total. The van der Waals surface area contributed by atoms with Gasteiger partial charge in [-0.15, -0.1) is 11.3 Å². The predicted molar refractivity (Wildman–Crippen MR) is 113 cm³/mol. The van der Waals surface area contributed by atoms with Gasteiger partial charge in [-0.25, -0.2) is 0 Å². The van der Waals surface area contributed by atoms with Crippen LogP contribution in [0.1, 0.15) is 10.4 Å². The molecule has 2 aromatic carbocycles. The van der Waals surface area contributed by atoms with Gasteiger partial charge in [0.25, 0.3) is 5.91 Å². The summed E-state index contributed by atoms with van der Waals surface area (Å²) in [6.45, 7) is 1.37. The first kappa shape index (κ1) is 19.9. The van der Waals surface area contributed by atoms with Crippen LogP contribution in [0.5, 0.6) is 11.5 Å². The van der Waals surface area contributed by atoms with Gasteiger partial charge in [0.2, 0.25) is 0 Å². The normalized spacial score (nSPS) is 10.8. The van der Waals surface area contributed by atoms with E-state index in [1.807, 2.05) is 36.4 Å². The molecule has 2 N–H and O–H groups in total. The zero-order chi connectivity index (χ0) is 19.9. The summed E-state index contributed by atoms with van der Waals surface area (Å²) in [6.07, 6.45) is 0. The van der Waals surface area contributed by atoms with E-state index in [0.717, 1.165) is 29.0 Å². The minimum atomic E-state index is -0.494. The van der Waals surface area contributed by atoms with Gasteiger partial charge in [0.15, 0.2) is 6.61 Å². The molecule has 1 aromatic heterocycles. The van der Waals surface area contributed by atoms with Gasteiger partial charge in [-0.1, -0.05) is 30.3 Å². The molecule has 0 bridgehead atoms. The maximum atomic E-state index is 11.2.